The molecule has 0 saturated heterocycles. The Morgan fingerprint density at radius 3 is 2.61 bits per heavy atom. The van der Waals surface area contributed by atoms with E-state index in [1.54, 1.807) is 0 Å². The number of hydrogen-bond acceptors (Lipinski definition) is 1. The van der Waals surface area contributed by atoms with E-state index in [1.165, 1.54) is 16.3 Å². The molecular formula is C17H18O. The SMILES string of the molecule is CC1(c2ccc3ccccc3c2)CCCC(=O)C1. The minimum absolute atomic E-state index is 0.0410. The van der Waals surface area contributed by atoms with Gasteiger partial charge in [0.25, 0.3) is 0 Å². The lowest BCUT2D eigenvalue weighted by atomic mass is 9.70. The van der Waals surface area contributed by atoms with Crippen molar-refractivity contribution in [1.82, 2.24) is 0 Å². The second-order valence-electron chi connectivity index (χ2n) is 5.69. The lowest BCUT2D eigenvalue weighted by Gasteiger charge is -2.33. The molecule has 1 aliphatic rings. The molecule has 2 aromatic carbocycles. The van der Waals surface area contributed by atoms with Gasteiger partial charge >= 0.3 is 0 Å². The van der Waals surface area contributed by atoms with Crippen LogP contribution in [0.4, 0.5) is 0 Å². The summed E-state index contributed by atoms with van der Waals surface area (Å²) in [7, 11) is 0. The van der Waals surface area contributed by atoms with Crippen LogP contribution in [0.2, 0.25) is 0 Å². The number of hydrogen-bond donors (Lipinski definition) is 0. The number of fused-ring (bicyclic) bond motifs is 1. The van der Waals surface area contributed by atoms with Crippen LogP contribution in [-0.2, 0) is 10.2 Å². The highest BCUT2D eigenvalue weighted by Crippen LogP contribution is 2.38. The third-order valence-corrected chi connectivity index (χ3v) is 4.22. The molecule has 0 radical (unpaired) electrons. The van der Waals surface area contributed by atoms with E-state index in [-0.39, 0.29) is 5.41 Å². The van der Waals surface area contributed by atoms with Crippen molar-refractivity contribution >= 4 is 16.6 Å². The van der Waals surface area contributed by atoms with E-state index in [0.29, 0.717) is 12.2 Å². The van der Waals surface area contributed by atoms with E-state index >= 15 is 0 Å². The fraction of sp³-hybridized carbons (Fsp3) is 0.353. The summed E-state index contributed by atoms with van der Waals surface area (Å²) in [5.41, 5.74) is 1.36. The highest BCUT2D eigenvalue weighted by Gasteiger charge is 2.32. The summed E-state index contributed by atoms with van der Waals surface area (Å²) in [5, 5.41) is 2.54. The van der Waals surface area contributed by atoms with Crippen LogP contribution < -0.4 is 0 Å². The van der Waals surface area contributed by atoms with Crippen LogP contribution in [0.25, 0.3) is 10.8 Å². The summed E-state index contributed by atoms with van der Waals surface area (Å²) in [6, 6.07) is 15.0. The summed E-state index contributed by atoms with van der Waals surface area (Å²) in [6.07, 6.45) is 3.62. The van der Waals surface area contributed by atoms with Gasteiger partial charge in [-0.1, -0.05) is 49.4 Å². The van der Waals surface area contributed by atoms with Crippen LogP contribution in [0.3, 0.4) is 0 Å². The van der Waals surface area contributed by atoms with Crippen molar-refractivity contribution in [2.45, 2.75) is 38.0 Å². The van der Waals surface area contributed by atoms with Crippen molar-refractivity contribution in [3.63, 3.8) is 0 Å². The molecular weight excluding hydrogens is 220 g/mol. The number of benzene rings is 2. The standard InChI is InChI=1S/C17H18O/c1-17(10-4-7-16(18)12-17)15-9-8-13-5-2-3-6-14(13)11-15/h2-3,5-6,8-9,11H,4,7,10,12H2,1H3. The van der Waals surface area contributed by atoms with Crippen LogP contribution >= 0.6 is 0 Å². The van der Waals surface area contributed by atoms with E-state index in [0.717, 1.165) is 19.3 Å². The smallest absolute Gasteiger partial charge is 0.133 e. The first-order chi connectivity index (χ1) is 8.67. The molecule has 1 saturated carbocycles. The van der Waals surface area contributed by atoms with E-state index in [2.05, 4.69) is 49.4 Å². The molecule has 1 heteroatoms. The van der Waals surface area contributed by atoms with Gasteiger partial charge in [-0.3, -0.25) is 4.79 Å². The molecule has 0 N–H and O–H groups in total. The average Bonchev–Trinajstić information content (AvgIpc) is 2.38. The first-order valence-corrected chi connectivity index (χ1v) is 6.68. The van der Waals surface area contributed by atoms with Crippen LogP contribution in [-0.4, -0.2) is 5.78 Å². The molecule has 0 amide bonds. The second-order valence-corrected chi connectivity index (χ2v) is 5.69. The Morgan fingerprint density at radius 1 is 1.06 bits per heavy atom. The van der Waals surface area contributed by atoms with Gasteiger partial charge in [0.1, 0.15) is 5.78 Å². The fourth-order valence-electron chi connectivity index (χ4n) is 3.10. The molecule has 0 bridgehead atoms. The summed E-state index contributed by atoms with van der Waals surface area (Å²) < 4.78 is 0. The Bertz CT molecular complexity index is 599. The van der Waals surface area contributed by atoms with Crippen molar-refractivity contribution in [2.24, 2.45) is 0 Å². The molecule has 1 fully saturated rings. The normalized spacial score (nSPS) is 24.4. The molecule has 0 heterocycles. The molecule has 1 nitrogen and oxygen atoms in total. The van der Waals surface area contributed by atoms with E-state index in [9.17, 15) is 4.79 Å². The van der Waals surface area contributed by atoms with Crippen molar-refractivity contribution in [2.75, 3.05) is 0 Å². The number of carbonyl (C=O) groups excluding carboxylic acids is 1. The van der Waals surface area contributed by atoms with Crippen molar-refractivity contribution < 1.29 is 4.79 Å². The van der Waals surface area contributed by atoms with Gasteiger partial charge in [0.05, 0.1) is 0 Å². The molecule has 0 aliphatic heterocycles. The molecule has 1 aliphatic carbocycles. The Labute approximate surface area is 108 Å². The van der Waals surface area contributed by atoms with Crippen molar-refractivity contribution in [1.29, 1.82) is 0 Å². The third-order valence-electron chi connectivity index (χ3n) is 4.22. The Hall–Kier alpha value is -1.63. The number of ketones is 1. The maximum absolute atomic E-state index is 11.7. The monoisotopic (exact) mass is 238 g/mol. The van der Waals surface area contributed by atoms with Crippen LogP contribution in [0.1, 0.15) is 38.2 Å². The summed E-state index contributed by atoms with van der Waals surface area (Å²) in [4.78, 5) is 11.7. The molecule has 1 unspecified atom stereocenters. The van der Waals surface area contributed by atoms with Crippen LogP contribution in [0.15, 0.2) is 42.5 Å². The van der Waals surface area contributed by atoms with Gasteiger partial charge < -0.3 is 0 Å². The zero-order valence-electron chi connectivity index (χ0n) is 10.8. The Morgan fingerprint density at radius 2 is 1.83 bits per heavy atom. The minimum atomic E-state index is 0.0410. The molecule has 3 rings (SSSR count). The van der Waals surface area contributed by atoms with Crippen molar-refractivity contribution in [3.05, 3.63) is 48.0 Å². The predicted molar refractivity (Wildman–Crippen MR) is 74.8 cm³/mol. The van der Waals surface area contributed by atoms with Crippen LogP contribution in [0.5, 0.6) is 0 Å². The highest BCUT2D eigenvalue weighted by atomic mass is 16.1. The van der Waals surface area contributed by atoms with Gasteiger partial charge in [-0.2, -0.15) is 0 Å². The highest BCUT2D eigenvalue weighted by molar-refractivity contribution is 5.84. The van der Waals surface area contributed by atoms with Gasteiger partial charge in [-0.15, -0.1) is 0 Å². The van der Waals surface area contributed by atoms with Crippen LogP contribution in [0, 0.1) is 0 Å². The minimum Gasteiger partial charge on any atom is -0.300 e. The second kappa shape index (κ2) is 4.24. The molecule has 92 valence electrons. The first-order valence-electron chi connectivity index (χ1n) is 6.68. The maximum atomic E-state index is 11.7. The number of Topliss-reactive ketones (excluding diaryl/α,β-unsaturated/α-hetero) is 1. The molecule has 0 spiro atoms. The van der Waals surface area contributed by atoms with E-state index in [4.69, 9.17) is 0 Å². The first kappa shape index (κ1) is 11.5. The fourth-order valence-corrected chi connectivity index (χ4v) is 3.10. The zero-order valence-corrected chi connectivity index (χ0v) is 10.8. The lowest BCUT2D eigenvalue weighted by molar-refractivity contribution is -0.121. The Kier molecular flexibility index (Phi) is 2.70. The van der Waals surface area contributed by atoms with E-state index < -0.39 is 0 Å². The van der Waals surface area contributed by atoms with Gasteiger partial charge in [0, 0.05) is 12.8 Å². The summed E-state index contributed by atoms with van der Waals surface area (Å²) >= 11 is 0. The lowest BCUT2D eigenvalue weighted by Crippen LogP contribution is -2.29. The predicted octanol–water partition coefficient (Wildman–Crippen LogP) is 4.24. The van der Waals surface area contributed by atoms with Gasteiger partial charge in [-0.25, -0.2) is 0 Å². The molecule has 0 aromatic heterocycles. The topological polar surface area (TPSA) is 17.1 Å². The quantitative estimate of drug-likeness (QED) is 0.726. The van der Waals surface area contributed by atoms with Gasteiger partial charge in [-0.05, 0) is 34.6 Å². The zero-order chi connectivity index (χ0) is 12.6. The van der Waals surface area contributed by atoms with Crippen molar-refractivity contribution in [3.8, 4) is 0 Å². The van der Waals surface area contributed by atoms with Gasteiger partial charge in [0.15, 0.2) is 0 Å². The number of rotatable bonds is 1. The maximum Gasteiger partial charge on any atom is 0.133 e. The average molecular weight is 238 g/mol. The van der Waals surface area contributed by atoms with E-state index in [1.807, 2.05) is 0 Å². The summed E-state index contributed by atoms with van der Waals surface area (Å²) in [6.45, 7) is 2.23. The molecule has 1 atom stereocenters. The molecule has 18 heavy (non-hydrogen) atoms. The summed E-state index contributed by atoms with van der Waals surface area (Å²) in [5.74, 6) is 0.414. The largest absolute Gasteiger partial charge is 0.300 e. The molecule has 2 aromatic rings. The Balaban J connectivity index is 2.05. The third kappa shape index (κ3) is 1.94. The van der Waals surface area contributed by atoms with Gasteiger partial charge in [0.2, 0.25) is 0 Å². The number of carbonyl (C=O) groups is 1.